The number of fused-ring (bicyclic) bond motifs is 1. The van der Waals surface area contributed by atoms with Gasteiger partial charge in [0.05, 0.1) is 23.4 Å². The van der Waals surface area contributed by atoms with E-state index < -0.39 is 5.97 Å². The predicted molar refractivity (Wildman–Crippen MR) is 97.9 cm³/mol. The second kappa shape index (κ2) is 6.80. The van der Waals surface area contributed by atoms with E-state index in [0.29, 0.717) is 27.9 Å². The van der Waals surface area contributed by atoms with E-state index in [-0.39, 0.29) is 0 Å². The highest BCUT2D eigenvalue weighted by atomic mass is 35.5. The van der Waals surface area contributed by atoms with Crippen LogP contribution in [0.1, 0.15) is 23.0 Å². The summed E-state index contributed by atoms with van der Waals surface area (Å²) in [7, 11) is 0. The number of pyridine rings is 1. The van der Waals surface area contributed by atoms with E-state index in [1.54, 1.807) is 32.0 Å². The quantitative estimate of drug-likeness (QED) is 0.563. The number of nitrogens with zero attached hydrogens (tertiary/aromatic N) is 1. The standard InChI is InChI=1S/C19H15Cl2NO2/c1-3-24-19(23)17-11(2)22-16-9-8-14(21)10-15(16)18(17)12-4-6-13(20)7-5-12/h4-10H,3H2,1-2H3. The van der Waals surface area contributed by atoms with Crippen molar-refractivity contribution in [2.24, 2.45) is 0 Å². The molecule has 0 saturated heterocycles. The summed E-state index contributed by atoms with van der Waals surface area (Å²) in [6.07, 6.45) is 0. The summed E-state index contributed by atoms with van der Waals surface area (Å²) < 4.78 is 5.24. The fourth-order valence-electron chi connectivity index (χ4n) is 2.73. The fourth-order valence-corrected chi connectivity index (χ4v) is 3.03. The Kier molecular flexibility index (Phi) is 4.74. The molecule has 24 heavy (non-hydrogen) atoms. The molecule has 0 N–H and O–H groups in total. The average molecular weight is 360 g/mol. The fraction of sp³-hybridized carbons (Fsp3) is 0.158. The molecule has 0 amide bonds. The zero-order chi connectivity index (χ0) is 17.3. The van der Waals surface area contributed by atoms with Crippen molar-refractivity contribution in [3.05, 3.63) is 63.8 Å². The Morgan fingerprint density at radius 2 is 1.75 bits per heavy atom. The third-order valence-corrected chi connectivity index (χ3v) is 4.23. The summed E-state index contributed by atoms with van der Waals surface area (Å²) in [5, 5.41) is 2.02. The highest BCUT2D eigenvalue weighted by Crippen LogP contribution is 2.35. The topological polar surface area (TPSA) is 39.2 Å². The Bertz CT molecular complexity index is 921. The molecule has 122 valence electrons. The van der Waals surface area contributed by atoms with E-state index >= 15 is 0 Å². The molecule has 1 heterocycles. The number of aromatic nitrogens is 1. The third-order valence-electron chi connectivity index (χ3n) is 3.74. The van der Waals surface area contributed by atoms with E-state index in [0.717, 1.165) is 22.0 Å². The van der Waals surface area contributed by atoms with Gasteiger partial charge in [0.1, 0.15) is 0 Å². The number of hydrogen-bond acceptors (Lipinski definition) is 3. The Balaban J connectivity index is 2.39. The molecular weight excluding hydrogens is 345 g/mol. The number of hydrogen-bond donors (Lipinski definition) is 0. The molecule has 3 aromatic rings. The Morgan fingerprint density at radius 3 is 2.42 bits per heavy atom. The Hall–Kier alpha value is -2.10. The van der Waals surface area contributed by atoms with E-state index in [1.807, 2.05) is 24.3 Å². The van der Waals surface area contributed by atoms with E-state index in [2.05, 4.69) is 4.98 Å². The highest BCUT2D eigenvalue weighted by molar-refractivity contribution is 6.31. The van der Waals surface area contributed by atoms with Gasteiger partial charge in [-0.1, -0.05) is 35.3 Å². The highest BCUT2D eigenvalue weighted by Gasteiger charge is 2.21. The first-order chi connectivity index (χ1) is 11.5. The van der Waals surface area contributed by atoms with E-state index in [9.17, 15) is 4.79 Å². The number of carbonyl (C=O) groups excluding carboxylic acids is 1. The summed E-state index contributed by atoms with van der Waals surface area (Å²) in [5.41, 5.74) is 3.47. The van der Waals surface area contributed by atoms with Gasteiger partial charge >= 0.3 is 5.97 Å². The van der Waals surface area contributed by atoms with Gasteiger partial charge in [0.2, 0.25) is 0 Å². The molecule has 0 unspecified atom stereocenters. The smallest absolute Gasteiger partial charge is 0.340 e. The molecule has 3 rings (SSSR count). The zero-order valence-corrected chi connectivity index (χ0v) is 14.8. The number of esters is 1. The van der Waals surface area contributed by atoms with Crippen LogP contribution in [0.2, 0.25) is 10.0 Å². The number of benzene rings is 2. The number of aryl methyl sites for hydroxylation is 1. The van der Waals surface area contributed by atoms with Crippen LogP contribution in [0, 0.1) is 6.92 Å². The minimum Gasteiger partial charge on any atom is -0.462 e. The lowest BCUT2D eigenvalue weighted by atomic mass is 9.94. The van der Waals surface area contributed by atoms with Crippen molar-refractivity contribution in [1.82, 2.24) is 4.98 Å². The lowest BCUT2D eigenvalue weighted by Gasteiger charge is -2.15. The summed E-state index contributed by atoms with van der Waals surface area (Å²) in [6, 6.07) is 12.8. The largest absolute Gasteiger partial charge is 0.462 e. The van der Waals surface area contributed by atoms with Crippen LogP contribution in [0.3, 0.4) is 0 Å². The summed E-state index contributed by atoms with van der Waals surface area (Å²) in [6.45, 7) is 3.88. The van der Waals surface area contributed by atoms with Gasteiger partial charge in [0.25, 0.3) is 0 Å². The summed E-state index contributed by atoms with van der Waals surface area (Å²) in [5.74, 6) is -0.394. The van der Waals surface area contributed by atoms with Gasteiger partial charge < -0.3 is 4.74 Å². The molecule has 0 fully saturated rings. The van der Waals surface area contributed by atoms with E-state index in [4.69, 9.17) is 27.9 Å². The molecule has 0 saturated carbocycles. The lowest BCUT2D eigenvalue weighted by molar-refractivity contribution is 0.0526. The van der Waals surface area contributed by atoms with Crippen molar-refractivity contribution in [2.75, 3.05) is 6.61 Å². The maximum atomic E-state index is 12.5. The van der Waals surface area contributed by atoms with E-state index in [1.165, 1.54) is 0 Å². The van der Waals surface area contributed by atoms with Crippen LogP contribution >= 0.6 is 23.2 Å². The van der Waals surface area contributed by atoms with Crippen LogP contribution in [-0.4, -0.2) is 17.6 Å². The molecule has 0 spiro atoms. The van der Waals surface area contributed by atoms with Gasteiger partial charge in [-0.25, -0.2) is 4.79 Å². The zero-order valence-electron chi connectivity index (χ0n) is 13.3. The number of halogens is 2. The molecule has 5 heteroatoms. The third kappa shape index (κ3) is 3.10. The van der Waals surface area contributed by atoms with Gasteiger partial charge in [-0.2, -0.15) is 0 Å². The Morgan fingerprint density at radius 1 is 1.08 bits per heavy atom. The minimum absolute atomic E-state index is 0.298. The normalized spacial score (nSPS) is 10.8. The van der Waals surface area contributed by atoms with Crippen LogP contribution < -0.4 is 0 Å². The second-order valence-electron chi connectivity index (χ2n) is 5.34. The van der Waals surface area contributed by atoms with Crippen molar-refractivity contribution in [3.63, 3.8) is 0 Å². The SMILES string of the molecule is CCOC(=O)c1c(C)nc2ccc(Cl)cc2c1-c1ccc(Cl)cc1. The monoisotopic (exact) mass is 359 g/mol. The molecule has 1 aromatic heterocycles. The van der Waals surface area contributed by atoms with Gasteiger partial charge in [-0.3, -0.25) is 4.98 Å². The molecule has 0 aliphatic rings. The van der Waals surface area contributed by atoms with Crippen LogP contribution in [-0.2, 0) is 4.74 Å². The molecule has 0 aliphatic heterocycles. The minimum atomic E-state index is -0.394. The molecule has 0 bridgehead atoms. The first-order valence-electron chi connectivity index (χ1n) is 7.54. The van der Waals surface area contributed by atoms with Gasteiger partial charge in [0, 0.05) is 21.0 Å². The van der Waals surface area contributed by atoms with Crippen molar-refractivity contribution in [2.45, 2.75) is 13.8 Å². The van der Waals surface area contributed by atoms with Crippen LogP contribution in [0.5, 0.6) is 0 Å². The molecule has 3 nitrogen and oxygen atoms in total. The predicted octanol–water partition coefficient (Wildman–Crippen LogP) is 5.69. The molecule has 0 radical (unpaired) electrons. The summed E-state index contributed by atoms with van der Waals surface area (Å²) in [4.78, 5) is 17.1. The van der Waals surface area contributed by atoms with Crippen molar-refractivity contribution in [1.29, 1.82) is 0 Å². The van der Waals surface area contributed by atoms with Crippen molar-refractivity contribution < 1.29 is 9.53 Å². The van der Waals surface area contributed by atoms with Crippen LogP contribution in [0.15, 0.2) is 42.5 Å². The van der Waals surface area contributed by atoms with Crippen molar-refractivity contribution in [3.8, 4) is 11.1 Å². The van der Waals surface area contributed by atoms with Gasteiger partial charge in [-0.05, 0) is 49.7 Å². The van der Waals surface area contributed by atoms with Crippen molar-refractivity contribution >= 4 is 40.1 Å². The molecule has 2 aromatic carbocycles. The molecule has 0 atom stereocenters. The Labute approximate surface area is 150 Å². The van der Waals surface area contributed by atoms with Gasteiger partial charge in [-0.15, -0.1) is 0 Å². The number of rotatable bonds is 3. The maximum absolute atomic E-state index is 12.5. The first kappa shape index (κ1) is 16.7. The maximum Gasteiger partial charge on any atom is 0.340 e. The lowest BCUT2D eigenvalue weighted by Crippen LogP contribution is -2.10. The van der Waals surface area contributed by atoms with Crippen LogP contribution in [0.25, 0.3) is 22.0 Å². The first-order valence-corrected chi connectivity index (χ1v) is 8.29. The second-order valence-corrected chi connectivity index (χ2v) is 6.21. The van der Waals surface area contributed by atoms with Gasteiger partial charge in [0.15, 0.2) is 0 Å². The van der Waals surface area contributed by atoms with Crippen LogP contribution in [0.4, 0.5) is 0 Å². The average Bonchev–Trinajstić information content (AvgIpc) is 2.55. The molecular formula is C19H15Cl2NO2. The number of ether oxygens (including phenoxy) is 1. The number of carbonyl (C=O) groups is 1. The molecule has 0 aliphatic carbocycles. The summed E-state index contributed by atoms with van der Waals surface area (Å²) >= 11 is 12.2.